The fourth-order valence-corrected chi connectivity index (χ4v) is 4.31. The molecule has 0 fully saturated rings. The first-order valence-corrected chi connectivity index (χ1v) is 12.5. The van der Waals surface area contributed by atoms with Crippen molar-refractivity contribution in [1.29, 1.82) is 0 Å². The van der Waals surface area contributed by atoms with Crippen molar-refractivity contribution in [3.8, 4) is 0 Å². The van der Waals surface area contributed by atoms with E-state index in [9.17, 15) is 19.8 Å². The molecular formula is C29H38N2O5. The van der Waals surface area contributed by atoms with Gasteiger partial charge >= 0.3 is 6.09 Å². The molecule has 1 aliphatic rings. The molecule has 1 aliphatic carbocycles. The summed E-state index contributed by atoms with van der Waals surface area (Å²) >= 11 is 0. The Bertz CT molecular complexity index is 1000. The molecule has 0 aromatic heterocycles. The van der Waals surface area contributed by atoms with Crippen LogP contribution in [0, 0.1) is 5.92 Å². The predicted octanol–water partition coefficient (Wildman–Crippen LogP) is 3.54. The largest absolute Gasteiger partial charge is 0.444 e. The summed E-state index contributed by atoms with van der Waals surface area (Å²) in [5.74, 6) is -0.813. The van der Waals surface area contributed by atoms with Crippen LogP contribution < -0.4 is 10.6 Å². The number of alkyl carbamates (subject to hydrolysis) is 1. The average Bonchev–Trinajstić information content (AvgIpc) is 3.22. The van der Waals surface area contributed by atoms with E-state index in [-0.39, 0.29) is 12.3 Å². The molecule has 4 N–H and O–H groups in total. The molecule has 5 atom stereocenters. The SMILES string of the molecule is CC(C)(C)OC(=O)N[C@@H](Cc1ccccc1)[C@@H](O)C[C@@H](Cc1ccccc1)C(=O)NC1C=CC[C@H]1O. The molecule has 0 radical (unpaired) electrons. The second kappa shape index (κ2) is 12.7. The highest BCUT2D eigenvalue weighted by Crippen LogP contribution is 2.21. The van der Waals surface area contributed by atoms with E-state index in [1.165, 1.54) is 0 Å². The van der Waals surface area contributed by atoms with Crippen molar-refractivity contribution in [3.63, 3.8) is 0 Å². The minimum absolute atomic E-state index is 0.126. The molecule has 3 rings (SSSR count). The Kier molecular flexibility index (Phi) is 9.67. The Morgan fingerprint density at radius 1 is 1.00 bits per heavy atom. The van der Waals surface area contributed by atoms with Gasteiger partial charge < -0.3 is 25.6 Å². The Balaban J connectivity index is 1.78. The maximum absolute atomic E-state index is 13.3. The lowest BCUT2D eigenvalue weighted by atomic mass is 9.88. The summed E-state index contributed by atoms with van der Waals surface area (Å²) in [7, 11) is 0. The van der Waals surface area contributed by atoms with E-state index in [1.807, 2.05) is 66.7 Å². The molecule has 0 saturated heterocycles. The van der Waals surface area contributed by atoms with E-state index in [4.69, 9.17) is 4.74 Å². The third-order valence-corrected chi connectivity index (χ3v) is 6.13. The first-order valence-electron chi connectivity index (χ1n) is 12.5. The monoisotopic (exact) mass is 494 g/mol. The zero-order chi connectivity index (χ0) is 26.1. The van der Waals surface area contributed by atoms with Gasteiger partial charge in [-0.05, 0) is 57.6 Å². The van der Waals surface area contributed by atoms with Crippen molar-refractivity contribution in [2.45, 2.75) is 76.3 Å². The van der Waals surface area contributed by atoms with Crippen molar-refractivity contribution < 1.29 is 24.5 Å². The Hall–Kier alpha value is -3.16. The van der Waals surface area contributed by atoms with E-state index in [0.29, 0.717) is 19.3 Å². The molecule has 0 saturated carbocycles. The topological polar surface area (TPSA) is 108 Å². The zero-order valence-electron chi connectivity index (χ0n) is 21.3. The molecule has 0 heterocycles. The maximum atomic E-state index is 13.3. The summed E-state index contributed by atoms with van der Waals surface area (Å²) in [4.78, 5) is 25.9. The van der Waals surface area contributed by atoms with Crippen LogP contribution >= 0.6 is 0 Å². The second-order valence-electron chi connectivity index (χ2n) is 10.4. The van der Waals surface area contributed by atoms with Gasteiger partial charge in [-0.2, -0.15) is 0 Å². The number of nitrogens with one attached hydrogen (secondary N) is 2. The van der Waals surface area contributed by atoms with Gasteiger partial charge in [0.2, 0.25) is 5.91 Å². The van der Waals surface area contributed by atoms with Crippen LogP contribution in [0.2, 0.25) is 0 Å². The minimum Gasteiger partial charge on any atom is -0.444 e. The third kappa shape index (κ3) is 8.81. The van der Waals surface area contributed by atoms with E-state index in [0.717, 1.165) is 11.1 Å². The summed E-state index contributed by atoms with van der Waals surface area (Å²) in [6, 6.07) is 18.1. The predicted molar refractivity (Wildman–Crippen MR) is 139 cm³/mol. The zero-order valence-corrected chi connectivity index (χ0v) is 21.3. The van der Waals surface area contributed by atoms with Gasteiger partial charge in [-0.15, -0.1) is 0 Å². The lowest BCUT2D eigenvalue weighted by molar-refractivity contribution is -0.127. The van der Waals surface area contributed by atoms with E-state index in [2.05, 4.69) is 10.6 Å². The van der Waals surface area contributed by atoms with Gasteiger partial charge in [0.1, 0.15) is 5.60 Å². The number of aliphatic hydroxyl groups is 2. The highest BCUT2D eigenvalue weighted by Gasteiger charge is 2.32. The molecule has 7 nitrogen and oxygen atoms in total. The van der Waals surface area contributed by atoms with Crippen LogP contribution in [0.5, 0.6) is 0 Å². The third-order valence-electron chi connectivity index (χ3n) is 6.13. The minimum atomic E-state index is -1.01. The van der Waals surface area contributed by atoms with Crippen LogP contribution in [0.4, 0.5) is 4.79 Å². The molecular weight excluding hydrogens is 456 g/mol. The van der Waals surface area contributed by atoms with Gasteiger partial charge in [-0.25, -0.2) is 4.79 Å². The molecule has 7 heteroatoms. The first kappa shape index (κ1) is 27.4. The lowest BCUT2D eigenvalue weighted by Crippen LogP contribution is -2.49. The molecule has 36 heavy (non-hydrogen) atoms. The van der Waals surface area contributed by atoms with Gasteiger partial charge in [0.25, 0.3) is 0 Å². The number of hydrogen-bond donors (Lipinski definition) is 4. The fraction of sp³-hybridized carbons (Fsp3) is 0.448. The molecule has 2 aromatic rings. The molecule has 2 amide bonds. The van der Waals surface area contributed by atoms with Crippen LogP contribution in [-0.4, -0.2) is 52.1 Å². The average molecular weight is 495 g/mol. The standard InChI is InChI=1S/C29H38N2O5/c1-29(2,3)36-28(35)31-24(18-21-13-8-5-9-14-21)26(33)19-22(17-20-11-6-4-7-12-20)27(34)30-23-15-10-16-25(23)32/h4-15,22-26,32-33H,16-19H2,1-3H3,(H,30,34)(H,31,35)/t22-,23?,24+,25-,26+/m1/s1. The highest BCUT2D eigenvalue weighted by molar-refractivity contribution is 5.79. The Labute approximate surface area is 213 Å². The van der Waals surface area contributed by atoms with Crippen LogP contribution in [-0.2, 0) is 22.4 Å². The van der Waals surface area contributed by atoms with Crippen molar-refractivity contribution in [3.05, 3.63) is 83.9 Å². The molecule has 2 aromatic carbocycles. The number of ether oxygens (including phenoxy) is 1. The molecule has 1 unspecified atom stereocenters. The van der Waals surface area contributed by atoms with Gasteiger partial charge in [0.15, 0.2) is 0 Å². The van der Waals surface area contributed by atoms with Gasteiger partial charge in [-0.1, -0.05) is 72.8 Å². The molecule has 0 aliphatic heterocycles. The van der Waals surface area contributed by atoms with Gasteiger partial charge in [0, 0.05) is 5.92 Å². The van der Waals surface area contributed by atoms with E-state index < -0.39 is 41.9 Å². The summed E-state index contributed by atoms with van der Waals surface area (Å²) in [6.45, 7) is 5.34. The maximum Gasteiger partial charge on any atom is 0.407 e. The summed E-state index contributed by atoms with van der Waals surface area (Å²) in [6.07, 6.45) is 2.77. The van der Waals surface area contributed by atoms with Crippen LogP contribution in [0.3, 0.4) is 0 Å². The Morgan fingerprint density at radius 2 is 1.58 bits per heavy atom. The number of carbonyl (C=O) groups is 2. The lowest BCUT2D eigenvalue weighted by Gasteiger charge is -2.29. The first-order chi connectivity index (χ1) is 17.1. The van der Waals surface area contributed by atoms with Crippen molar-refractivity contribution in [2.24, 2.45) is 5.92 Å². The number of hydrogen-bond acceptors (Lipinski definition) is 5. The number of amides is 2. The number of carbonyl (C=O) groups excluding carboxylic acids is 2. The quantitative estimate of drug-likeness (QED) is 0.378. The van der Waals surface area contributed by atoms with Gasteiger partial charge in [0.05, 0.1) is 24.3 Å². The highest BCUT2D eigenvalue weighted by atomic mass is 16.6. The van der Waals surface area contributed by atoms with Crippen LogP contribution in [0.25, 0.3) is 0 Å². The second-order valence-corrected chi connectivity index (χ2v) is 10.4. The van der Waals surface area contributed by atoms with Crippen LogP contribution in [0.15, 0.2) is 72.8 Å². The number of aliphatic hydroxyl groups excluding tert-OH is 2. The normalized spacial score (nSPS) is 19.8. The summed E-state index contributed by atoms with van der Waals surface area (Å²) in [5.41, 5.74) is 1.23. The Morgan fingerprint density at radius 3 is 2.11 bits per heavy atom. The van der Waals surface area contributed by atoms with Crippen molar-refractivity contribution >= 4 is 12.0 Å². The number of benzene rings is 2. The van der Waals surface area contributed by atoms with Gasteiger partial charge in [-0.3, -0.25) is 4.79 Å². The smallest absolute Gasteiger partial charge is 0.407 e. The molecule has 0 spiro atoms. The molecule has 194 valence electrons. The van der Waals surface area contributed by atoms with E-state index >= 15 is 0 Å². The fourth-order valence-electron chi connectivity index (χ4n) is 4.31. The number of rotatable bonds is 10. The summed E-state index contributed by atoms with van der Waals surface area (Å²) < 4.78 is 5.43. The van der Waals surface area contributed by atoms with Crippen molar-refractivity contribution in [1.82, 2.24) is 10.6 Å². The summed E-state index contributed by atoms with van der Waals surface area (Å²) in [5, 5.41) is 27.2. The molecule has 0 bridgehead atoms. The van der Waals surface area contributed by atoms with Crippen molar-refractivity contribution in [2.75, 3.05) is 0 Å². The van der Waals surface area contributed by atoms with Crippen LogP contribution in [0.1, 0.15) is 44.7 Å². The van der Waals surface area contributed by atoms with E-state index in [1.54, 1.807) is 26.8 Å².